The molecule has 0 aliphatic rings. The lowest BCUT2D eigenvalue weighted by Crippen LogP contribution is -2.24. The Hall–Kier alpha value is -3.20. The molecular weight excluding hydrogens is 390 g/mol. The molecule has 3 aromatic heterocycles. The van der Waals surface area contributed by atoms with Crippen molar-refractivity contribution in [1.29, 1.82) is 0 Å². The standard InChI is InChI=1S/C20H23N5O3S/c1-12-15(13(2)25(4)23-12)7-8-24(3)18-16(20(27)28)10-14(11-21-18)22-19(26)17-6-5-9-29-17/h5-6,9-11H,7-8H2,1-4H3,(H,22,26)(H,27,28). The van der Waals surface area contributed by atoms with Gasteiger partial charge in [0, 0.05) is 26.3 Å². The average molecular weight is 414 g/mol. The molecule has 0 atom stereocenters. The topological polar surface area (TPSA) is 100 Å². The van der Waals surface area contributed by atoms with Gasteiger partial charge in [0.15, 0.2) is 0 Å². The Kier molecular flexibility index (Phi) is 5.97. The minimum atomic E-state index is -1.10. The maximum Gasteiger partial charge on any atom is 0.339 e. The van der Waals surface area contributed by atoms with Crippen LogP contribution in [0.25, 0.3) is 0 Å². The van der Waals surface area contributed by atoms with Gasteiger partial charge in [0.05, 0.1) is 22.5 Å². The Morgan fingerprint density at radius 2 is 2.10 bits per heavy atom. The van der Waals surface area contributed by atoms with E-state index in [4.69, 9.17) is 0 Å². The SMILES string of the molecule is Cc1nn(C)c(C)c1CCN(C)c1ncc(NC(=O)c2cccs2)cc1C(=O)O. The van der Waals surface area contributed by atoms with E-state index in [2.05, 4.69) is 15.4 Å². The van der Waals surface area contributed by atoms with Crippen LogP contribution in [0.5, 0.6) is 0 Å². The molecule has 9 heteroatoms. The van der Waals surface area contributed by atoms with Crippen molar-refractivity contribution in [1.82, 2.24) is 14.8 Å². The van der Waals surface area contributed by atoms with Crippen molar-refractivity contribution in [2.75, 3.05) is 23.8 Å². The lowest BCUT2D eigenvalue weighted by Gasteiger charge is -2.20. The van der Waals surface area contributed by atoms with Crippen molar-refractivity contribution in [2.45, 2.75) is 20.3 Å². The largest absolute Gasteiger partial charge is 0.478 e. The van der Waals surface area contributed by atoms with Crippen LogP contribution in [0, 0.1) is 13.8 Å². The summed E-state index contributed by atoms with van der Waals surface area (Å²) in [6.45, 7) is 4.57. The van der Waals surface area contributed by atoms with E-state index in [1.54, 1.807) is 29.5 Å². The zero-order chi connectivity index (χ0) is 21.1. The fraction of sp³-hybridized carbons (Fsp3) is 0.300. The summed E-state index contributed by atoms with van der Waals surface area (Å²) in [7, 11) is 3.71. The molecule has 2 N–H and O–H groups in total. The molecule has 3 aromatic rings. The maximum absolute atomic E-state index is 12.2. The molecule has 0 spiro atoms. The number of likely N-dealkylation sites (N-methyl/N-ethyl adjacent to an activating group) is 1. The molecule has 0 bridgehead atoms. The number of rotatable bonds is 7. The van der Waals surface area contributed by atoms with Gasteiger partial charge in [-0.25, -0.2) is 9.78 Å². The van der Waals surface area contributed by atoms with Crippen molar-refractivity contribution >= 4 is 34.7 Å². The van der Waals surface area contributed by atoms with Crippen LogP contribution in [-0.2, 0) is 13.5 Å². The Balaban J connectivity index is 1.77. The predicted octanol–water partition coefficient (Wildman–Crippen LogP) is 3.12. The van der Waals surface area contributed by atoms with Crippen molar-refractivity contribution in [3.8, 4) is 0 Å². The van der Waals surface area contributed by atoms with Crippen LogP contribution in [0.4, 0.5) is 11.5 Å². The van der Waals surface area contributed by atoms with Gasteiger partial charge in [-0.05, 0) is 43.3 Å². The van der Waals surface area contributed by atoms with E-state index in [1.807, 2.05) is 25.6 Å². The van der Waals surface area contributed by atoms with Crippen LogP contribution < -0.4 is 10.2 Å². The van der Waals surface area contributed by atoms with Gasteiger partial charge in [0.2, 0.25) is 0 Å². The number of anilines is 2. The van der Waals surface area contributed by atoms with Crippen molar-refractivity contribution in [3.05, 3.63) is 57.2 Å². The third-order valence-electron chi connectivity index (χ3n) is 4.82. The van der Waals surface area contributed by atoms with E-state index in [0.717, 1.165) is 23.4 Å². The fourth-order valence-electron chi connectivity index (χ4n) is 3.15. The second-order valence-corrected chi connectivity index (χ2v) is 7.72. The van der Waals surface area contributed by atoms with E-state index in [0.29, 0.717) is 22.9 Å². The third-order valence-corrected chi connectivity index (χ3v) is 5.69. The van der Waals surface area contributed by atoms with E-state index in [-0.39, 0.29) is 11.5 Å². The van der Waals surface area contributed by atoms with Gasteiger partial charge in [-0.15, -0.1) is 11.3 Å². The number of aromatic nitrogens is 3. The molecule has 8 nitrogen and oxygen atoms in total. The van der Waals surface area contributed by atoms with Gasteiger partial charge in [-0.2, -0.15) is 5.10 Å². The summed E-state index contributed by atoms with van der Waals surface area (Å²) in [5, 5.41) is 18.6. The van der Waals surface area contributed by atoms with Gasteiger partial charge >= 0.3 is 5.97 Å². The first-order chi connectivity index (χ1) is 13.8. The van der Waals surface area contributed by atoms with Crippen LogP contribution >= 0.6 is 11.3 Å². The van der Waals surface area contributed by atoms with Gasteiger partial charge in [0.25, 0.3) is 5.91 Å². The Morgan fingerprint density at radius 3 is 2.69 bits per heavy atom. The van der Waals surface area contributed by atoms with E-state index < -0.39 is 5.97 Å². The van der Waals surface area contributed by atoms with E-state index >= 15 is 0 Å². The second kappa shape index (κ2) is 8.44. The number of aryl methyl sites for hydroxylation is 2. The summed E-state index contributed by atoms with van der Waals surface area (Å²) in [6.07, 6.45) is 2.20. The Bertz CT molecular complexity index is 1040. The summed E-state index contributed by atoms with van der Waals surface area (Å²) in [4.78, 5) is 30.7. The maximum atomic E-state index is 12.2. The molecule has 0 fully saturated rings. The molecule has 0 aliphatic heterocycles. The normalized spacial score (nSPS) is 10.8. The fourth-order valence-corrected chi connectivity index (χ4v) is 3.77. The van der Waals surface area contributed by atoms with E-state index in [1.165, 1.54) is 23.6 Å². The number of carbonyl (C=O) groups is 2. The Morgan fingerprint density at radius 1 is 1.34 bits per heavy atom. The highest BCUT2D eigenvalue weighted by Gasteiger charge is 2.18. The number of hydrogen-bond donors (Lipinski definition) is 2. The first kappa shape index (κ1) is 20.5. The molecule has 0 aromatic carbocycles. The van der Waals surface area contributed by atoms with Gasteiger partial charge in [-0.3, -0.25) is 9.48 Å². The molecule has 3 rings (SSSR count). The van der Waals surface area contributed by atoms with Gasteiger partial charge in [0.1, 0.15) is 11.4 Å². The van der Waals surface area contributed by atoms with Crippen LogP contribution in [0.1, 0.15) is 37.0 Å². The van der Waals surface area contributed by atoms with Crippen LogP contribution in [0.2, 0.25) is 0 Å². The summed E-state index contributed by atoms with van der Waals surface area (Å²) in [5.41, 5.74) is 3.59. The molecule has 1 amide bonds. The number of pyridine rings is 1. The smallest absolute Gasteiger partial charge is 0.339 e. The highest BCUT2D eigenvalue weighted by atomic mass is 32.1. The number of carboxylic acids is 1. The highest BCUT2D eigenvalue weighted by Crippen LogP contribution is 2.22. The monoisotopic (exact) mass is 413 g/mol. The number of hydrogen-bond acceptors (Lipinski definition) is 6. The quantitative estimate of drug-likeness (QED) is 0.617. The van der Waals surface area contributed by atoms with Gasteiger partial charge < -0.3 is 15.3 Å². The van der Waals surface area contributed by atoms with Crippen LogP contribution in [-0.4, -0.2) is 45.3 Å². The van der Waals surface area contributed by atoms with Gasteiger partial charge in [-0.1, -0.05) is 6.07 Å². The van der Waals surface area contributed by atoms with Crippen molar-refractivity contribution < 1.29 is 14.7 Å². The average Bonchev–Trinajstić information content (AvgIpc) is 3.29. The molecule has 0 radical (unpaired) electrons. The summed E-state index contributed by atoms with van der Waals surface area (Å²) < 4.78 is 1.84. The van der Waals surface area contributed by atoms with Crippen LogP contribution in [0.15, 0.2) is 29.8 Å². The predicted molar refractivity (Wildman–Crippen MR) is 113 cm³/mol. The second-order valence-electron chi connectivity index (χ2n) is 6.78. The minimum Gasteiger partial charge on any atom is -0.478 e. The molecule has 29 heavy (non-hydrogen) atoms. The lowest BCUT2D eigenvalue weighted by atomic mass is 10.1. The molecule has 152 valence electrons. The van der Waals surface area contributed by atoms with Crippen molar-refractivity contribution in [2.24, 2.45) is 7.05 Å². The van der Waals surface area contributed by atoms with Crippen molar-refractivity contribution in [3.63, 3.8) is 0 Å². The molecule has 0 unspecified atom stereocenters. The first-order valence-corrected chi connectivity index (χ1v) is 9.94. The zero-order valence-electron chi connectivity index (χ0n) is 16.8. The number of nitrogens with one attached hydrogen (secondary N) is 1. The summed E-state index contributed by atoms with van der Waals surface area (Å²) >= 11 is 1.31. The third kappa shape index (κ3) is 4.45. The number of nitrogens with zero attached hydrogens (tertiary/aromatic N) is 4. The number of aromatic carboxylic acids is 1. The molecular formula is C20H23N5O3S. The highest BCUT2D eigenvalue weighted by molar-refractivity contribution is 7.12. The molecule has 3 heterocycles. The molecule has 0 saturated heterocycles. The minimum absolute atomic E-state index is 0.0381. The first-order valence-electron chi connectivity index (χ1n) is 9.06. The van der Waals surface area contributed by atoms with E-state index in [9.17, 15) is 14.7 Å². The number of carbonyl (C=O) groups excluding carboxylic acids is 1. The number of carboxylic acid groups (broad SMARTS) is 1. The lowest BCUT2D eigenvalue weighted by molar-refractivity contribution is 0.0697. The Labute approximate surface area is 172 Å². The zero-order valence-corrected chi connectivity index (χ0v) is 17.6. The number of thiophene rings is 1. The van der Waals surface area contributed by atoms with Crippen LogP contribution in [0.3, 0.4) is 0 Å². The number of amides is 1. The summed E-state index contributed by atoms with van der Waals surface area (Å²) in [5.74, 6) is -1.03. The molecule has 0 saturated carbocycles. The molecule has 0 aliphatic carbocycles. The summed E-state index contributed by atoms with van der Waals surface area (Å²) in [6, 6.07) is 4.92.